The molecule has 2 rings (SSSR count). The molecule has 4 nitrogen and oxygen atoms in total. The normalized spacial score (nSPS) is 10.5. The first-order valence-corrected chi connectivity index (χ1v) is 6.67. The number of halogens is 2. The van der Waals surface area contributed by atoms with Crippen molar-refractivity contribution in [2.45, 2.75) is 11.7 Å². The van der Waals surface area contributed by atoms with Crippen LogP contribution in [0.2, 0.25) is 0 Å². The molecule has 3 N–H and O–H groups in total. The summed E-state index contributed by atoms with van der Waals surface area (Å²) in [5, 5.41) is 3.41. The van der Waals surface area contributed by atoms with Crippen LogP contribution in [0.4, 0.5) is 20.4 Å². The molecule has 7 heteroatoms. The van der Waals surface area contributed by atoms with Crippen molar-refractivity contribution in [3.8, 4) is 0 Å². The Hall–Kier alpha value is -1.89. The summed E-state index contributed by atoms with van der Waals surface area (Å²) in [4.78, 5) is 8.16. The van der Waals surface area contributed by atoms with Crippen LogP contribution in [0.25, 0.3) is 0 Å². The molecule has 0 spiro atoms. The molecule has 19 heavy (non-hydrogen) atoms. The minimum atomic E-state index is -0.481. The summed E-state index contributed by atoms with van der Waals surface area (Å²) in [6.07, 6.45) is 1.82. The predicted molar refractivity (Wildman–Crippen MR) is 71.9 cm³/mol. The molecule has 0 saturated heterocycles. The quantitative estimate of drug-likeness (QED) is 0.667. The standard InChI is InChI=1S/C12H12F2N4S/c1-19-12-17-10(15)5-11(18-12)16-6-7-4-8(13)2-3-9(7)14/h2-5H,6H2,1H3,(H3,15,16,17,18). The molecule has 0 fully saturated rings. The summed E-state index contributed by atoms with van der Waals surface area (Å²) in [6, 6.07) is 4.85. The Morgan fingerprint density at radius 1 is 1.26 bits per heavy atom. The van der Waals surface area contributed by atoms with Crippen molar-refractivity contribution >= 4 is 23.4 Å². The number of hydrogen-bond donors (Lipinski definition) is 2. The highest BCUT2D eigenvalue weighted by molar-refractivity contribution is 7.98. The summed E-state index contributed by atoms with van der Waals surface area (Å²) in [7, 11) is 0. The minimum absolute atomic E-state index is 0.119. The Morgan fingerprint density at radius 3 is 2.79 bits per heavy atom. The fourth-order valence-electron chi connectivity index (χ4n) is 1.49. The van der Waals surface area contributed by atoms with Gasteiger partial charge in [0.05, 0.1) is 0 Å². The van der Waals surface area contributed by atoms with E-state index in [1.54, 1.807) is 0 Å². The molecule has 100 valence electrons. The highest BCUT2D eigenvalue weighted by Crippen LogP contribution is 2.17. The van der Waals surface area contributed by atoms with Gasteiger partial charge in [-0.1, -0.05) is 11.8 Å². The second-order valence-corrected chi connectivity index (χ2v) is 4.53. The van der Waals surface area contributed by atoms with Crippen LogP contribution in [0, 0.1) is 11.6 Å². The number of anilines is 2. The SMILES string of the molecule is CSc1nc(N)cc(NCc2cc(F)ccc2F)n1. The number of nitrogens with one attached hydrogen (secondary N) is 1. The average Bonchev–Trinajstić information content (AvgIpc) is 2.39. The van der Waals surface area contributed by atoms with E-state index >= 15 is 0 Å². The van der Waals surface area contributed by atoms with Crippen LogP contribution in [-0.4, -0.2) is 16.2 Å². The summed E-state index contributed by atoms with van der Waals surface area (Å²) in [6.45, 7) is 0.119. The Balaban J connectivity index is 2.14. The van der Waals surface area contributed by atoms with Gasteiger partial charge in [-0.15, -0.1) is 0 Å². The molecule has 1 heterocycles. The van der Waals surface area contributed by atoms with E-state index in [4.69, 9.17) is 5.73 Å². The van der Waals surface area contributed by atoms with Gasteiger partial charge in [0.1, 0.15) is 23.3 Å². The molecule has 0 atom stereocenters. The lowest BCUT2D eigenvalue weighted by molar-refractivity contribution is 0.587. The molecule has 1 aromatic carbocycles. The molecule has 0 amide bonds. The van der Waals surface area contributed by atoms with Gasteiger partial charge in [-0.2, -0.15) is 0 Å². The van der Waals surface area contributed by atoms with Crippen molar-refractivity contribution in [1.29, 1.82) is 0 Å². The molecule has 0 bridgehead atoms. The van der Waals surface area contributed by atoms with Crippen LogP contribution in [-0.2, 0) is 6.54 Å². The molecule has 0 aliphatic rings. The molecule has 2 aromatic rings. The number of nitrogen functional groups attached to an aromatic ring is 1. The molecule has 0 saturated carbocycles. The summed E-state index contributed by atoms with van der Waals surface area (Å²) >= 11 is 1.35. The van der Waals surface area contributed by atoms with Crippen LogP contribution < -0.4 is 11.1 Å². The fourth-order valence-corrected chi connectivity index (χ4v) is 1.88. The number of rotatable bonds is 4. The smallest absolute Gasteiger partial charge is 0.191 e. The lowest BCUT2D eigenvalue weighted by Gasteiger charge is -2.08. The highest BCUT2D eigenvalue weighted by atomic mass is 32.2. The molecular weight excluding hydrogens is 270 g/mol. The zero-order chi connectivity index (χ0) is 13.8. The van der Waals surface area contributed by atoms with E-state index in [-0.39, 0.29) is 12.1 Å². The Kier molecular flexibility index (Phi) is 4.16. The number of nitrogens with zero attached hydrogens (tertiary/aromatic N) is 2. The number of nitrogens with two attached hydrogens (primary N) is 1. The van der Waals surface area contributed by atoms with E-state index < -0.39 is 11.6 Å². The molecule has 0 unspecified atom stereocenters. The van der Waals surface area contributed by atoms with Gasteiger partial charge in [0.25, 0.3) is 0 Å². The third kappa shape index (κ3) is 3.54. The number of hydrogen-bond acceptors (Lipinski definition) is 5. The topological polar surface area (TPSA) is 63.8 Å². The second kappa shape index (κ2) is 5.83. The maximum absolute atomic E-state index is 13.4. The molecule has 0 aliphatic heterocycles. The molecule has 0 radical (unpaired) electrons. The summed E-state index contributed by atoms with van der Waals surface area (Å²) < 4.78 is 26.4. The van der Waals surface area contributed by atoms with Gasteiger partial charge in [-0.3, -0.25) is 0 Å². The average molecular weight is 282 g/mol. The first-order chi connectivity index (χ1) is 9.08. The predicted octanol–water partition coefficient (Wildman–Crippen LogP) is 2.67. The van der Waals surface area contributed by atoms with Crippen LogP contribution in [0.15, 0.2) is 29.4 Å². The van der Waals surface area contributed by atoms with Crippen molar-refractivity contribution in [3.05, 3.63) is 41.5 Å². The third-order valence-electron chi connectivity index (χ3n) is 2.38. The second-order valence-electron chi connectivity index (χ2n) is 3.75. The van der Waals surface area contributed by atoms with Crippen LogP contribution in [0.1, 0.15) is 5.56 Å². The van der Waals surface area contributed by atoms with Gasteiger partial charge < -0.3 is 11.1 Å². The van der Waals surface area contributed by atoms with Crippen LogP contribution in [0.3, 0.4) is 0 Å². The van der Waals surface area contributed by atoms with Gasteiger partial charge >= 0.3 is 0 Å². The van der Waals surface area contributed by atoms with Gasteiger partial charge in [-0.25, -0.2) is 18.7 Å². The van der Waals surface area contributed by atoms with Gasteiger partial charge in [0.15, 0.2) is 5.16 Å². The van der Waals surface area contributed by atoms with Gasteiger partial charge in [0.2, 0.25) is 0 Å². The van der Waals surface area contributed by atoms with Crippen molar-refractivity contribution in [3.63, 3.8) is 0 Å². The van der Waals surface area contributed by atoms with Gasteiger partial charge in [-0.05, 0) is 24.5 Å². The zero-order valence-corrected chi connectivity index (χ0v) is 11.0. The lowest BCUT2D eigenvalue weighted by atomic mass is 10.2. The number of benzene rings is 1. The van der Waals surface area contributed by atoms with Crippen molar-refractivity contribution < 1.29 is 8.78 Å². The number of aromatic nitrogens is 2. The first-order valence-electron chi connectivity index (χ1n) is 5.45. The van der Waals surface area contributed by atoms with E-state index in [2.05, 4.69) is 15.3 Å². The van der Waals surface area contributed by atoms with E-state index in [0.717, 1.165) is 18.2 Å². The van der Waals surface area contributed by atoms with E-state index in [1.807, 2.05) is 6.26 Å². The maximum atomic E-state index is 13.4. The van der Waals surface area contributed by atoms with Crippen molar-refractivity contribution in [2.24, 2.45) is 0 Å². The van der Waals surface area contributed by atoms with E-state index in [0.29, 0.717) is 16.8 Å². The summed E-state index contributed by atoms with van der Waals surface area (Å²) in [5.74, 6) is -0.159. The lowest BCUT2D eigenvalue weighted by Crippen LogP contribution is -2.06. The van der Waals surface area contributed by atoms with Crippen LogP contribution >= 0.6 is 11.8 Å². The third-order valence-corrected chi connectivity index (χ3v) is 2.92. The van der Waals surface area contributed by atoms with Crippen molar-refractivity contribution in [1.82, 2.24) is 9.97 Å². The zero-order valence-electron chi connectivity index (χ0n) is 10.2. The minimum Gasteiger partial charge on any atom is -0.383 e. The largest absolute Gasteiger partial charge is 0.383 e. The molecular formula is C12H12F2N4S. The number of thioether (sulfide) groups is 1. The van der Waals surface area contributed by atoms with E-state index in [9.17, 15) is 8.78 Å². The molecule has 0 aliphatic carbocycles. The Bertz CT molecular complexity index is 592. The molecule has 1 aromatic heterocycles. The summed E-state index contributed by atoms with van der Waals surface area (Å²) in [5.41, 5.74) is 5.84. The first kappa shape index (κ1) is 13.5. The monoisotopic (exact) mass is 282 g/mol. The fraction of sp³-hybridized carbons (Fsp3) is 0.167. The Labute approximate surface area is 113 Å². The van der Waals surface area contributed by atoms with E-state index in [1.165, 1.54) is 17.8 Å². The van der Waals surface area contributed by atoms with Gasteiger partial charge in [0, 0.05) is 18.2 Å². The maximum Gasteiger partial charge on any atom is 0.191 e. The Morgan fingerprint density at radius 2 is 2.05 bits per heavy atom. The highest BCUT2D eigenvalue weighted by Gasteiger charge is 2.06. The van der Waals surface area contributed by atoms with Crippen LogP contribution in [0.5, 0.6) is 0 Å². The van der Waals surface area contributed by atoms with Crippen molar-refractivity contribution in [2.75, 3.05) is 17.3 Å².